The zero-order valence-electron chi connectivity index (χ0n) is 16.5. The first-order chi connectivity index (χ1) is 14.5. The van der Waals surface area contributed by atoms with E-state index < -0.39 is 5.82 Å². The first kappa shape index (κ1) is 20.1. The predicted octanol–water partition coefficient (Wildman–Crippen LogP) is 5.28. The summed E-state index contributed by atoms with van der Waals surface area (Å²) in [6, 6.07) is 12.5. The molecule has 1 aliphatic carbocycles. The fraction of sp³-hybridized carbons (Fsp3) is 0.217. The van der Waals surface area contributed by atoms with Gasteiger partial charge in [0, 0.05) is 16.1 Å². The van der Waals surface area contributed by atoms with Gasteiger partial charge < -0.3 is 15.4 Å². The van der Waals surface area contributed by atoms with Crippen LogP contribution in [-0.2, 0) is 12.8 Å². The van der Waals surface area contributed by atoms with Crippen molar-refractivity contribution in [3.8, 4) is 5.75 Å². The van der Waals surface area contributed by atoms with Crippen molar-refractivity contribution in [2.45, 2.75) is 26.2 Å². The molecular weight excluding hydrogens is 403 g/mol. The van der Waals surface area contributed by atoms with E-state index in [0.717, 1.165) is 35.5 Å². The number of ether oxygens (including phenoxy) is 1. The first-order valence-corrected chi connectivity index (χ1v) is 10.6. The van der Waals surface area contributed by atoms with Crippen molar-refractivity contribution >= 4 is 33.8 Å². The number of carbonyl (C=O) groups excluding carboxylic acids is 2. The van der Waals surface area contributed by atoms with E-state index in [4.69, 9.17) is 4.74 Å². The van der Waals surface area contributed by atoms with Crippen LogP contribution < -0.4 is 15.4 Å². The summed E-state index contributed by atoms with van der Waals surface area (Å²) >= 11 is 1.44. The normalized spacial score (nSPS) is 12.3. The molecule has 0 unspecified atom stereocenters. The Bertz CT molecular complexity index is 1080. The van der Waals surface area contributed by atoms with Gasteiger partial charge in [-0.1, -0.05) is 0 Å². The topological polar surface area (TPSA) is 67.4 Å². The lowest BCUT2D eigenvalue weighted by atomic mass is 10.1. The highest BCUT2D eigenvalue weighted by molar-refractivity contribution is 7.17. The van der Waals surface area contributed by atoms with Crippen LogP contribution in [0.3, 0.4) is 0 Å². The minimum atomic E-state index is -0.405. The number of fused-ring (bicyclic) bond motifs is 1. The number of anilines is 2. The lowest BCUT2D eigenvalue weighted by Gasteiger charge is -2.10. The molecule has 3 aromatic rings. The number of halogens is 1. The molecule has 0 aliphatic heterocycles. The van der Waals surface area contributed by atoms with Crippen LogP contribution in [0.4, 0.5) is 15.1 Å². The zero-order valence-corrected chi connectivity index (χ0v) is 17.3. The minimum Gasteiger partial charge on any atom is -0.494 e. The van der Waals surface area contributed by atoms with Crippen molar-refractivity contribution < 1.29 is 18.7 Å². The van der Waals surface area contributed by atoms with Crippen LogP contribution in [0.15, 0.2) is 48.5 Å². The second-order valence-corrected chi connectivity index (χ2v) is 8.04. The number of hydrogen-bond donors (Lipinski definition) is 2. The second-order valence-electron chi connectivity index (χ2n) is 6.93. The third-order valence-corrected chi connectivity index (χ3v) is 6.11. The Morgan fingerprint density at radius 2 is 1.73 bits per heavy atom. The molecule has 0 atom stereocenters. The Balaban J connectivity index is 1.57. The van der Waals surface area contributed by atoms with Gasteiger partial charge in [0.1, 0.15) is 16.6 Å². The molecule has 0 spiro atoms. The number of aryl methyl sites for hydroxylation is 1. The zero-order chi connectivity index (χ0) is 21.1. The average Bonchev–Trinajstić information content (AvgIpc) is 3.31. The van der Waals surface area contributed by atoms with Gasteiger partial charge in [0.2, 0.25) is 0 Å². The lowest BCUT2D eigenvalue weighted by molar-refractivity contribution is 0.102. The predicted molar refractivity (Wildman–Crippen MR) is 116 cm³/mol. The molecule has 7 heteroatoms. The molecule has 1 aromatic heterocycles. The summed E-state index contributed by atoms with van der Waals surface area (Å²) in [5.41, 5.74) is 2.50. The molecule has 30 heavy (non-hydrogen) atoms. The van der Waals surface area contributed by atoms with Crippen LogP contribution in [0, 0.1) is 5.82 Å². The summed E-state index contributed by atoms with van der Waals surface area (Å²) in [5.74, 6) is -0.297. The SMILES string of the molecule is CCOc1ccc(NC(=O)c2c(NC(=O)c3ccc(F)cc3)sc3c2CCC3)cc1. The van der Waals surface area contributed by atoms with Crippen LogP contribution >= 0.6 is 11.3 Å². The molecule has 1 heterocycles. The number of amides is 2. The summed E-state index contributed by atoms with van der Waals surface area (Å²) in [7, 11) is 0. The maximum Gasteiger partial charge on any atom is 0.258 e. The molecule has 154 valence electrons. The van der Waals surface area contributed by atoms with Gasteiger partial charge in [-0.2, -0.15) is 0 Å². The van der Waals surface area contributed by atoms with Crippen LogP contribution in [0.2, 0.25) is 0 Å². The van der Waals surface area contributed by atoms with E-state index in [2.05, 4.69) is 10.6 Å². The molecule has 0 bridgehead atoms. The van der Waals surface area contributed by atoms with Crippen molar-refractivity contribution in [1.82, 2.24) is 0 Å². The van der Waals surface area contributed by atoms with E-state index >= 15 is 0 Å². The molecular formula is C23H21FN2O3S. The molecule has 5 nitrogen and oxygen atoms in total. The Labute approximate surface area is 177 Å². The molecule has 1 aliphatic rings. The largest absolute Gasteiger partial charge is 0.494 e. The van der Waals surface area contributed by atoms with E-state index in [1.807, 2.05) is 6.92 Å². The summed E-state index contributed by atoms with van der Waals surface area (Å²) < 4.78 is 18.6. The van der Waals surface area contributed by atoms with Crippen molar-refractivity contribution in [3.63, 3.8) is 0 Å². The molecule has 0 fully saturated rings. The fourth-order valence-corrected chi connectivity index (χ4v) is 4.79. The molecule has 4 rings (SSSR count). The molecule has 0 radical (unpaired) electrons. The highest BCUT2D eigenvalue weighted by Gasteiger charge is 2.27. The number of rotatable bonds is 6. The smallest absolute Gasteiger partial charge is 0.258 e. The number of thiophene rings is 1. The fourth-order valence-electron chi connectivity index (χ4n) is 3.50. The van der Waals surface area contributed by atoms with Crippen molar-refractivity contribution in [2.24, 2.45) is 0 Å². The van der Waals surface area contributed by atoms with E-state index in [-0.39, 0.29) is 11.8 Å². The summed E-state index contributed by atoms with van der Waals surface area (Å²) in [6.07, 6.45) is 2.71. The maximum atomic E-state index is 13.1. The first-order valence-electron chi connectivity index (χ1n) is 9.81. The quantitative estimate of drug-likeness (QED) is 0.566. The highest BCUT2D eigenvalue weighted by atomic mass is 32.1. The van der Waals surface area contributed by atoms with Gasteiger partial charge in [-0.15, -0.1) is 11.3 Å². The number of carbonyl (C=O) groups is 2. The Hall–Kier alpha value is -3.19. The molecule has 2 amide bonds. The average molecular weight is 424 g/mol. The minimum absolute atomic E-state index is 0.257. The number of hydrogen-bond acceptors (Lipinski definition) is 4. The van der Waals surface area contributed by atoms with Gasteiger partial charge in [0.25, 0.3) is 11.8 Å². The van der Waals surface area contributed by atoms with E-state index in [1.165, 1.54) is 35.6 Å². The van der Waals surface area contributed by atoms with Gasteiger partial charge in [-0.05, 0) is 80.3 Å². The third-order valence-electron chi connectivity index (χ3n) is 4.91. The van der Waals surface area contributed by atoms with Crippen molar-refractivity contribution in [3.05, 3.63) is 75.9 Å². The number of benzene rings is 2. The molecule has 2 N–H and O–H groups in total. The van der Waals surface area contributed by atoms with Crippen LogP contribution in [0.1, 0.15) is 44.5 Å². The number of nitrogens with one attached hydrogen (secondary N) is 2. The Morgan fingerprint density at radius 1 is 1.00 bits per heavy atom. The van der Waals surface area contributed by atoms with Crippen LogP contribution in [0.5, 0.6) is 5.75 Å². The van der Waals surface area contributed by atoms with Crippen molar-refractivity contribution in [1.29, 1.82) is 0 Å². The molecule has 2 aromatic carbocycles. The second kappa shape index (κ2) is 8.67. The highest BCUT2D eigenvalue weighted by Crippen LogP contribution is 2.39. The van der Waals surface area contributed by atoms with E-state index in [0.29, 0.717) is 28.4 Å². The summed E-state index contributed by atoms with van der Waals surface area (Å²) in [4.78, 5) is 26.8. The summed E-state index contributed by atoms with van der Waals surface area (Å²) in [5, 5.41) is 6.29. The van der Waals surface area contributed by atoms with Crippen molar-refractivity contribution in [2.75, 3.05) is 17.2 Å². The van der Waals surface area contributed by atoms with Gasteiger partial charge in [-0.25, -0.2) is 4.39 Å². The van der Waals surface area contributed by atoms with Gasteiger partial charge in [0.05, 0.1) is 12.2 Å². The monoisotopic (exact) mass is 424 g/mol. The van der Waals surface area contributed by atoms with E-state index in [9.17, 15) is 14.0 Å². The Morgan fingerprint density at radius 3 is 2.43 bits per heavy atom. The van der Waals surface area contributed by atoms with E-state index in [1.54, 1.807) is 24.3 Å². The molecule has 0 saturated heterocycles. The van der Waals surface area contributed by atoms with Crippen LogP contribution in [-0.4, -0.2) is 18.4 Å². The maximum absolute atomic E-state index is 13.1. The Kier molecular flexibility index (Phi) is 5.81. The third kappa shape index (κ3) is 4.21. The van der Waals surface area contributed by atoms with Gasteiger partial charge in [-0.3, -0.25) is 9.59 Å². The van der Waals surface area contributed by atoms with Gasteiger partial charge >= 0.3 is 0 Å². The van der Waals surface area contributed by atoms with Crippen LogP contribution in [0.25, 0.3) is 0 Å². The summed E-state index contributed by atoms with van der Waals surface area (Å²) in [6.45, 7) is 2.48. The molecule has 0 saturated carbocycles. The standard InChI is InChI=1S/C23H21FN2O3S/c1-2-29-17-12-10-16(11-13-17)25-22(28)20-18-4-3-5-19(18)30-23(20)26-21(27)14-6-8-15(24)9-7-14/h6-13H,2-5H2,1H3,(H,25,28)(H,26,27). The van der Waals surface area contributed by atoms with Gasteiger partial charge in [0.15, 0.2) is 0 Å². The lowest BCUT2D eigenvalue weighted by Crippen LogP contribution is -2.18.